The Morgan fingerprint density at radius 1 is 1.19 bits per heavy atom. The number of benzene rings is 2. The van der Waals surface area contributed by atoms with E-state index in [0.717, 1.165) is 0 Å². The van der Waals surface area contributed by atoms with Crippen molar-refractivity contribution in [3.63, 3.8) is 0 Å². The molecule has 8 heteroatoms. The fraction of sp³-hybridized carbons (Fsp3) is 0.167. The van der Waals surface area contributed by atoms with Gasteiger partial charge in [0.25, 0.3) is 0 Å². The van der Waals surface area contributed by atoms with Gasteiger partial charge in [-0.1, -0.05) is 17.7 Å². The third-order valence-electron chi connectivity index (χ3n) is 3.92. The SMILES string of the molecule is CC(=O)Nc1ccc(NC(=O)C2CC(=O)Nc3cc(F)ccc32)cc1Cl. The van der Waals surface area contributed by atoms with Crippen LogP contribution in [0.2, 0.25) is 5.02 Å². The first-order valence-corrected chi connectivity index (χ1v) is 8.18. The highest BCUT2D eigenvalue weighted by Crippen LogP contribution is 2.34. The van der Waals surface area contributed by atoms with Gasteiger partial charge in [-0.25, -0.2) is 4.39 Å². The number of halogens is 2. The minimum atomic E-state index is -0.742. The quantitative estimate of drug-likeness (QED) is 0.767. The zero-order valence-corrected chi connectivity index (χ0v) is 14.5. The van der Waals surface area contributed by atoms with Crippen LogP contribution in [0.25, 0.3) is 0 Å². The van der Waals surface area contributed by atoms with Crippen molar-refractivity contribution in [3.05, 3.63) is 52.8 Å². The van der Waals surface area contributed by atoms with Crippen molar-refractivity contribution >= 4 is 46.4 Å². The van der Waals surface area contributed by atoms with E-state index in [0.29, 0.717) is 22.6 Å². The second-order valence-corrected chi connectivity index (χ2v) is 6.31. The molecule has 0 spiro atoms. The molecule has 0 aromatic heterocycles. The Labute approximate surface area is 153 Å². The van der Waals surface area contributed by atoms with E-state index in [2.05, 4.69) is 16.0 Å². The highest BCUT2D eigenvalue weighted by Gasteiger charge is 2.31. The van der Waals surface area contributed by atoms with E-state index in [4.69, 9.17) is 11.6 Å². The summed E-state index contributed by atoms with van der Waals surface area (Å²) in [7, 11) is 0. The molecule has 3 amide bonds. The van der Waals surface area contributed by atoms with E-state index in [-0.39, 0.29) is 23.3 Å². The average molecular weight is 376 g/mol. The van der Waals surface area contributed by atoms with Gasteiger partial charge in [0, 0.05) is 24.7 Å². The zero-order chi connectivity index (χ0) is 18.8. The van der Waals surface area contributed by atoms with Crippen molar-refractivity contribution in [1.29, 1.82) is 0 Å². The highest BCUT2D eigenvalue weighted by atomic mass is 35.5. The monoisotopic (exact) mass is 375 g/mol. The minimum absolute atomic E-state index is 0.0395. The van der Waals surface area contributed by atoms with Crippen LogP contribution < -0.4 is 16.0 Å². The van der Waals surface area contributed by atoms with Gasteiger partial charge in [0.15, 0.2) is 0 Å². The van der Waals surface area contributed by atoms with Gasteiger partial charge in [-0.15, -0.1) is 0 Å². The first-order chi connectivity index (χ1) is 12.3. The number of hydrogen-bond acceptors (Lipinski definition) is 3. The van der Waals surface area contributed by atoms with Gasteiger partial charge in [-0.2, -0.15) is 0 Å². The molecule has 0 aliphatic carbocycles. The molecule has 0 fully saturated rings. The van der Waals surface area contributed by atoms with E-state index in [9.17, 15) is 18.8 Å². The molecule has 134 valence electrons. The molecule has 1 unspecified atom stereocenters. The first kappa shape index (κ1) is 17.9. The Bertz CT molecular complexity index is 917. The number of carbonyl (C=O) groups is 3. The molecule has 1 aliphatic heterocycles. The van der Waals surface area contributed by atoms with Crippen molar-refractivity contribution in [3.8, 4) is 0 Å². The Morgan fingerprint density at radius 2 is 1.96 bits per heavy atom. The molecule has 26 heavy (non-hydrogen) atoms. The van der Waals surface area contributed by atoms with Crippen molar-refractivity contribution < 1.29 is 18.8 Å². The summed E-state index contributed by atoms with van der Waals surface area (Å²) in [6.07, 6.45) is -0.0395. The number of fused-ring (bicyclic) bond motifs is 1. The van der Waals surface area contributed by atoms with Gasteiger partial charge >= 0.3 is 0 Å². The lowest BCUT2D eigenvalue weighted by molar-refractivity contribution is -0.123. The molecule has 3 rings (SSSR count). The van der Waals surface area contributed by atoms with Crippen LogP contribution in [0.4, 0.5) is 21.5 Å². The maximum atomic E-state index is 13.4. The molecule has 0 radical (unpaired) electrons. The van der Waals surface area contributed by atoms with Crippen LogP contribution in [0.1, 0.15) is 24.8 Å². The number of hydrogen-bond donors (Lipinski definition) is 3. The number of carbonyl (C=O) groups excluding carboxylic acids is 3. The molecule has 1 atom stereocenters. The van der Waals surface area contributed by atoms with Gasteiger partial charge in [-0.05, 0) is 35.9 Å². The van der Waals surface area contributed by atoms with Gasteiger partial charge in [0.2, 0.25) is 17.7 Å². The lowest BCUT2D eigenvalue weighted by atomic mass is 9.89. The minimum Gasteiger partial charge on any atom is -0.326 e. The predicted octanol–water partition coefficient (Wildman–Crippen LogP) is 3.50. The van der Waals surface area contributed by atoms with E-state index in [1.165, 1.54) is 31.2 Å². The molecular formula is C18H15ClFN3O3. The van der Waals surface area contributed by atoms with Crippen LogP contribution in [0.15, 0.2) is 36.4 Å². The Hall–Kier alpha value is -2.93. The van der Waals surface area contributed by atoms with Crippen LogP contribution in [0.3, 0.4) is 0 Å². The van der Waals surface area contributed by atoms with Crippen LogP contribution in [0, 0.1) is 5.82 Å². The summed E-state index contributed by atoms with van der Waals surface area (Å²) in [5.74, 6) is -2.27. The summed E-state index contributed by atoms with van der Waals surface area (Å²) in [6.45, 7) is 1.36. The molecule has 0 saturated carbocycles. The molecule has 6 nitrogen and oxygen atoms in total. The van der Waals surface area contributed by atoms with Gasteiger partial charge in [0.1, 0.15) is 5.82 Å². The van der Waals surface area contributed by atoms with Gasteiger partial charge in [-0.3, -0.25) is 14.4 Å². The van der Waals surface area contributed by atoms with Crippen molar-refractivity contribution in [2.24, 2.45) is 0 Å². The molecule has 0 saturated heterocycles. The third-order valence-corrected chi connectivity index (χ3v) is 4.23. The Balaban J connectivity index is 1.81. The molecule has 2 aromatic carbocycles. The Morgan fingerprint density at radius 3 is 2.65 bits per heavy atom. The molecule has 2 aromatic rings. The van der Waals surface area contributed by atoms with Crippen LogP contribution in [-0.4, -0.2) is 17.7 Å². The van der Waals surface area contributed by atoms with Gasteiger partial charge in [0.05, 0.1) is 16.6 Å². The number of amides is 3. The summed E-state index contributed by atoms with van der Waals surface area (Å²) in [5, 5.41) is 8.10. The summed E-state index contributed by atoms with van der Waals surface area (Å²) in [4.78, 5) is 35.6. The van der Waals surface area contributed by atoms with E-state index >= 15 is 0 Å². The number of nitrogens with one attached hydrogen (secondary N) is 3. The average Bonchev–Trinajstić information content (AvgIpc) is 2.55. The standard InChI is InChI=1S/C18H15ClFN3O3/c1-9(24)21-15-5-3-11(7-14(15)19)22-18(26)13-8-17(25)23-16-6-10(20)2-4-12(13)16/h2-7,13H,8H2,1H3,(H,21,24)(H,22,26)(H,23,25). The second kappa shape index (κ2) is 7.13. The van der Waals surface area contributed by atoms with Crippen molar-refractivity contribution in [2.75, 3.05) is 16.0 Å². The van der Waals surface area contributed by atoms with Crippen LogP contribution in [0.5, 0.6) is 0 Å². The summed E-state index contributed by atoms with van der Waals surface area (Å²) in [5.41, 5.74) is 1.68. The second-order valence-electron chi connectivity index (χ2n) is 5.90. The molecule has 1 heterocycles. The third kappa shape index (κ3) is 3.83. The molecule has 1 aliphatic rings. The van der Waals surface area contributed by atoms with Gasteiger partial charge < -0.3 is 16.0 Å². The Kier molecular flexibility index (Phi) is 4.90. The highest BCUT2D eigenvalue weighted by molar-refractivity contribution is 6.34. The number of anilines is 3. The number of rotatable bonds is 3. The molecular weight excluding hydrogens is 361 g/mol. The fourth-order valence-corrected chi connectivity index (χ4v) is 3.01. The largest absolute Gasteiger partial charge is 0.326 e. The fourth-order valence-electron chi connectivity index (χ4n) is 2.78. The van der Waals surface area contributed by atoms with E-state index < -0.39 is 17.6 Å². The topological polar surface area (TPSA) is 87.3 Å². The maximum Gasteiger partial charge on any atom is 0.232 e. The predicted molar refractivity (Wildman–Crippen MR) is 96.8 cm³/mol. The molecule has 0 bridgehead atoms. The smallest absolute Gasteiger partial charge is 0.232 e. The normalized spacial score (nSPS) is 15.7. The summed E-state index contributed by atoms with van der Waals surface area (Å²) < 4.78 is 13.4. The first-order valence-electron chi connectivity index (χ1n) is 7.81. The summed E-state index contributed by atoms with van der Waals surface area (Å²) in [6, 6.07) is 8.57. The van der Waals surface area contributed by atoms with E-state index in [1.54, 1.807) is 12.1 Å². The van der Waals surface area contributed by atoms with Crippen molar-refractivity contribution in [2.45, 2.75) is 19.3 Å². The van der Waals surface area contributed by atoms with E-state index in [1.807, 2.05) is 0 Å². The lowest BCUT2D eigenvalue weighted by Crippen LogP contribution is -2.30. The lowest BCUT2D eigenvalue weighted by Gasteiger charge is -2.25. The summed E-state index contributed by atoms with van der Waals surface area (Å²) >= 11 is 6.09. The zero-order valence-electron chi connectivity index (χ0n) is 13.7. The van der Waals surface area contributed by atoms with Crippen LogP contribution >= 0.6 is 11.6 Å². The van der Waals surface area contributed by atoms with Crippen LogP contribution in [-0.2, 0) is 14.4 Å². The molecule has 3 N–H and O–H groups in total. The maximum absolute atomic E-state index is 13.4. The van der Waals surface area contributed by atoms with Crippen molar-refractivity contribution in [1.82, 2.24) is 0 Å².